The summed E-state index contributed by atoms with van der Waals surface area (Å²) >= 11 is 1.55. The molecule has 1 unspecified atom stereocenters. The van der Waals surface area contributed by atoms with Crippen LogP contribution in [-0.4, -0.2) is 37.4 Å². The van der Waals surface area contributed by atoms with Crippen LogP contribution >= 0.6 is 11.8 Å². The lowest BCUT2D eigenvalue weighted by molar-refractivity contribution is -0.117. The molecule has 1 atom stereocenters. The lowest BCUT2D eigenvalue weighted by Gasteiger charge is -2.19. The van der Waals surface area contributed by atoms with Crippen LogP contribution in [0.4, 0.5) is 5.82 Å². The van der Waals surface area contributed by atoms with Crippen LogP contribution in [0.25, 0.3) is 0 Å². The quantitative estimate of drug-likeness (QED) is 0.702. The van der Waals surface area contributed by atoms with E-state index in [1.165, 1.54) is 0 Å². The highest BCUT2D eigenvalue weighted by Crippen LogP contribution is 2.18. The summed E-state index contributed by atoms with van der Waals surface area (Å²) in [6.07, 6.45) is 3.89. The van der Waals surface area contributed by atoms with Crippen LogP contribution in [0, 0.1) is 20.8 Å². The lowest BCUT2D eigenvalue weighted by Crippen LogP contribution is -2.44. The molecule has 0 bridgehead atoms. The van der Waals surface area contributed by atoms with Gasteiger partial charge in [-0.05, 0) is 74.1 Å². The first kappa shape index (κ1) is 21.4. The Bertz CT molecular complexity index is 914. The normalized spacial score (nSPS) is 12.6. The SMILES string of the molecule is CSCCC(NS(=O)(=O)c1cc(C)ccc1C)C(=O)Nc1cc(C)ccn1. The van der Waals surface area contributed by atoms with E-state index in [0.29, 0.717) is 23.6 Å². The van der Waals surface area contributed by atoms with Crippen molar-refractivity contribution in [3.05, 3.63) is 53.2 Å². The van der Waals surface area contributed by atoms with E-state index in [1.54, 1.807) is 43.1 Å². The van der Waals surface area contributed by atoms with Crippen molar-refractivity contribution in [2.75, 3.05) is 17.3 Å². The monoisotopic (exact) mass is 407 g/mol. The minimum Gasteiger partial charge on any atom is -0.309 e. The van der Waals surface area contributed by atoms with Crippen molar-refractivity contribution in [2.24, 2.45) is 0 Å². The third-order valence-electron chi connectivity index (χ3n) is 4.02. The highest BCUT2D eigenvalue weighted by atomic mass is 32.2. The summed E-state index contributed by atoms with van der Waals surface area (Å²) in [5.74, 6) is 0.630. The summed E-state index contributed by atoms with van der Waals surface area (Å²) in [6.45, 7) is 5.47. The van der Waals surface area contributed by atoms with Gasteiger partial charge < -0.3 is 5.32 Å². The third-order valence-corrected chi connectivity index (χ3v) is 6.28. The fourth-order valence-electron chi connectivity index (χ4n) is 2.54. The average molecular weight is 408 g/mol. The molecule has 0 aliphatic carbocycles. The summed E-state index contributed by atoms with van der Waals surface area (Å²) in [5, 5.41) is 2.71. The third kappa shape index (κ3) is 6.05. The number of nitrogens with one attached hydrogen (secondary N) is 2. The van der Waals surface area contributed by atoms with E-state index in [4.69, 9.17) is 0 Å². The minimum atomic E-state index is -3.83. The van der Waals surface area contributed by atoms with Crippen molar-refractivity contribution < 1.29 is 13.2 Å². The second-order valence-electron chi connectivity index (χ2n) is 6.43. The molecule has 0 fully saturated rings. The summed E-state index contributed by atoms with van der Waals surface area (Å²) in [6, 6.07) is 7.91. The topological polar surface area (TPSA) is 88.2 Å². The van der Waals surface area contributed by atoms with Crippen LogP contribution in [-0.2, 0) is 14.8 Å². The first-order valence-corrected chi connectivity index (χ1v) is 11.4. The van der Waals surface area contributed by atoms with Crippen molar-refractivity contribution in [3.8, 4) is 0 Å². The molecule has 2 N–H and O–H groups in total. The van der Waals surface area contributed by atoms with Gasteiger partial charge in [-0.1, -0.05) is 12.1 Å². The number of aryl methyl sites for hydroxylation is 3. The van der Waals surface area contributed by atoms with Gasteiger partial charge in [-0.25, -0.2) is 13.4 Å². The number of hydrogen-bond donors (Lipinski definition) is 2. The number of sulfonamides is 1. The van der Waals surface area contributed by atoms with Gasteiger partial charge in [0.25, 0.3) is 0 Å². The number of anilines is 1. The van der Waals surface area contributed by atoms with Gasteiger partial charge in [-0.2, -0.15) is 16.5 Å². The number of hydrogen-bond acceptors (Lipinski definition) is 5. The Labute approximate surface area is 165 Å². The number of rotatable bonds is 8. The molecule has 0 aliphatic rings. The minimum absolute atomic E-state index is 0.193. The Hall–Kier alpha value is -1.90. The van der Waals surface area contributed by atoms with E-state index >= 15 is 0 Å². The zero-order valence-corrected chi connectivity index (χ0v) is 17.6. The molecule has 0 radical (unpaired) electrons. The van der Waals surface area contributed by atoms with Crippen LogP contribution in [0.2, 0.25) is 0 Å². The molecule has 0 saturated heterocycles. The van der Waals surface area contributed by atoms with Gasteiger partial charge in [-0.3, -0.25) is 4.79 Å². The number of nitrogens with zero attached hydrogens (tertiary/aromatic N) is 1. The summed E-state index contributed by atoms with van der Waals surface area (Å²) in [7, 11) is -3.83. The van der Waals surface area contributed by atoms with E-state index in [2.05, 4.69) is 15.0 Å². The summed E-state index contributed by atoms with van der Waals surface area (Å²) in [4.78, 5) is 17.0. The van der Waals surface area contributed by atoms with Crippen LogP contribution in [0.3, 0.4) is 0 Å². The molecule has 1 amide bonds. The van der Waals surface area contributed by atoms with Crippen LogP contribution < -0.4 is 10.0 Å². The lowest BCUT2D eigenvalue weighted by atomic mass is 10.2. The number of thioether (sulfide) groups is 1. The number of pyridine rings is 1. The highest BCUT2D eigenvalue weighted by Gasteiger charge is 2.27. The zero-order chi connectivity index (χ0) is 20.0. The van der Waals surface area contributed by atoms with E-state index in [-0.39, 0.29) is 4.90 Å². The van der Waals surface area contributed by atoms with Crippen LogP contribution in [0.5, 0.6) is 0 Å². The molecule has 1 aromatic carbocycles. The van der Waals surface area contributed by atoms with Gasteiger partial charge >= 0.3 is 0 Å². The second kappa shape index (κ2) is 9.34. The van der Waals surface area contributed by atoms with Crippen molar-refractivity contribution >= 4 is 33.5 Å². The molecule has 6 nitrogen and oxygen atoms in total. The maximum absolute atomic E-state index is 12.9. The predicted molar refractivity (Wildman–Crippen MR) is 111 cm³/mol. The number of aromatic nitrogens is 1. The van der Waals surface area contributed by atoms with E-state index in [9.17, 15) is 13.2 Å². The molecule has 27 heavy (non-hydrogen) atoms. The molecule has 2 aromatic rings. The Morgan fingerprint density at radius 2 is 1.85 bits per heavy atom. The van der Waals surface area contributed by atoms with E-state index in [1.807, 2.05) is 32.2 Å². The molecular formula is C19H25N3O3S2. The largest absolute Gasteiger partial charge is 0.309 e. The molecule has 2 rings (SSSR count). The molecule has 0 spiro atoms. The van der Waals surface area contributed by atoms with Crippen LogP contribution in [0.1, 0.15) is 23.1 Å². The van der Waals surface area contributed by atoms with Gasteiger partial charge in [0.05, 0.1) is 4.90 Å². The Kier molecular flexibility index (Phi) is 7.41. The van der Waals surface area contributed by atoms with Crippen molar-refractivity contribution in [1.82, 2.24) is 9.71 Å². The standard InChI is InChI=1S/C19H25N3O3S2/c1-13-5-6-15(3)17(11-13)27(24,25)22-16(8-10-26-4)19(23)21-18-12-14(2)7-9-20-18/h5-7,9,11-12,16,22H,8,10H2,1-4H3,(H,20,21,23). The maximum Gasteiger partial charge on any atom is 0.243 e. The van der Waals surface area contributed by atoms with Crippen molar-refractivity contribution in [2.45, 2.75) is 38.1 Å². The van der Waals surface area contributed by atoms with Crippen LogP contribution in [0.15, 0.2) is 41.4 Å². The Morgan fingerprint density at radius 3 is 2.52 bits per heavy atom. The smallest absolute Gasteiger partial charge is 0.243 e. The molecule has 1 aromatic heterocycles. The summed E-state index contributed by atoms with van der Waals surface area (Å²) < 4.78 is 28.3. The Balaban J connectivity index is 2.24. The number of carbonyl (C=O) groups is 1. The maximum atomic E-state index is 12.9. The number of benzene rings is 1. The van der Waals surface area contributed by atoms with Gasteiger partial charge in [-0.15, -0.1) is 0 Å². The van der Waals surface area contributed by atoms with E-state index in [0.717, 1.165) is 11.1 Å². The molecule has 0 saturated carbocycles. The van der Waals surface area contributed by atoms with Gasteiger partial charge in [0.1, 0.15) is 11.9 Å². The van der Waals surface area contributed by atoms with Crippen molar-refractivity contribution in [1.29, 1.82) is 0 Å². The fourth-order valence-corrected chi connectivity index (χ4v) is 4.58. The first-order chi connectivity index (χ1) is 12.7. The first-order valence-electron chi connectivity index (χ1n) is 8.55. The fraction of sp³-hybridized carbons (Fsp3) is 0.368. The number of amides is 1. The zero-order valence-electron chi connectivity index (χ0n) is 15.9. The average Bonchev–Trinajstić information content (AvgIpc) is 2.60. The molecule has 146 valence electrons. The second-order valence-corrected chi connectivity index (χ2v) is 9.10. The molecular weight excluding hydrogens is 382 g/mol. The number of carbonyl (C=O) groups excluding carboxylic acids is 1. The molecule has 1 heterocycles. The molecule has 0 aliphatic heterocycles. The van der Waals surface area contributed by atoms with Crippen molar-refractivity contribution in [3.63, 3.8) is 0 Å². The molecule has 8 heteroatoms. The van der Waals surface area contributed by atoms with Gasteiger partial charge in [0, 0.05) is 6.20 Å². The van der Waals surface area contributed by atoms with E-state index < -0.39 is 22.0 Å². The predicted octanol–water partition coefficient (Wildman–Crippen LogP) is 3.05. The Morgan fingerprint density at radius 1 is 1.15 bits per heavy atom. The summed E-state index contributed by atoms with van der Waals surface area (Å²) in [5.41, 5.74) is 2.43. The highest BCUT2D eigenvalue weighted by molar-refractivity contribution is 7.98. The van der Waals surface area contributed by atoms with Gasteiger partial charge in [0.15, 0.2) is 0 Å². The van der Waals surface area contributed by atoms with Gasteiger partial charge in [0.2, 0.25) is 15.9 Å².